The van der Waals surface area contributed by atoms with Gasteiger partial charge in [-0.15, -0.1) is 0 Å². The lowest BCUT2D eigenvalue weighted by molar-refractivity contribution is -0.162. The molecule has 1 unspecified atom stereocenters. The van der Waals surface area contributed by atoms with Crippen LogP contribution < -0.4 is 10.5 Å². The van der Waals surface area contributed by atoms with E-state index in [1.807, 2.05) is 16.8 Å². The zero-order valence-corrected chi connectivity index (χ0v) is 18.3. The standard InChI is InChI=1S/C22H26N4O5S/c23-19(24)16-3-5-17(6-4-16)31-11-2-1-8-25-9-10-26(21(28)20(25)27)18(22(29)30)13-15-7-12-32-14-15/h3-7,12,14,18H,1-2,8-11,13H2,(H3,23,24)(H,29,30). The minimum absolute atomic E-state index is 0.00278. The van der Waals surface area contributed by atoms with Crippen molar-refractivity contribution >= 4 is 35.0 Å². The van der Waals surface area contributed by atoms with E-state index in [2.05, 4.69) is 0 Å². The van der Waals surface area contributed by atoms with Crippen LogP contribution in [0.15, 0.2) is 41.1 Å². The quantitative estimate of drug-likeness (QED) is 0.202. The summed E-state index contributed by atoms with van der Waals surface area (Å²) in [6, 6.07) is 7.68. The number of nitrogens with zero attached hydrogens (tertiary/aromatic N) is 2. The van der Waals surface area contributed by atoms with E-state index in [1.54, 1.807) is 24.3 Å². The van der Waals surface area contributed by atoms with Crippen molar-refractivity contribution in [3.63, 3.8) is 0 Å². The van der Waals surface area contributed by atoms with E-state index in [0.717, 1.165) is 5.56 Å². The van der Waals surface area contributed by atoms with Gasteiger partial charge in [0.05, 0.1) is 6.61 Å². The van der Waals surface area contributed by atoms with Crippen molar-refractivity contribution in [3.8, 4) is 5.75 Å². The number of carboxylic acids is 1. The molecule has 32 heavy (non-hydrogen) atoms. The Morgan fingerprint density at radius 2 is 1.91 bits per heavy atom. The third-order valence-corrected chi connectivity index (χ3v) is 6.00. The van der Waals surface area contributed by atoms with Crippen LogP contribution in [0.5, 0.6) is 5.75 Å². The van der Waals surface area contributed by atoms with Gasteiger partial charge in [-0.05, 0) is 59.5 Å². The molecule has 1 aliphatic heterocycles. The van der Waals surface area contributed by atoms with Gasteiger partial charge >= 0.3 is 17.8 Å². The molecule has 0 bridgehead atoms. The van der Waals surface area contributed by atoms with Crippen LogP contribution in [0.3, 0.4) is 0 Å². The van der Waals surface area contributed by atoms with Crippen molar-refractivity contribution in [1.29, 1.82) is 5.41 Å². The molecule has 2 amide bonds. The van der Waals surface area contributed by atoms with Crippen LogP contribution in [-0.4, -0.2) is 70.8 Å². The van der Waals surface area contributed by atoms with Crippen molar-refractivity contribution < 1.29 is 24.2 Å². The third-order valence-electron chi connectivity index (χ3n) is 5.27. The van der Waals surface area contributed by atoms with E-state index in [0.29, 0.717) is 43.9 Å². The van der Waals surface area contributed by atoms with Crippen LogP contribution in [0.4, 0.5) is 0 Å². The number of carboxylic acid groups (broad SMARTS) is 1. The molecular weight excluding hydrogens is 432 g/mol. The largest absolute Gasteiger partial charge is 0.494 e. The second-order valence-electron chi connectivity index (χ2n) is 7.47. The van der Waals surface area contributed by atoms with E-state index in [-0.39, 0.29) is 18.8 Å². The molecule has 3 rings (SSSR count). The van der Waals surface area contributed by atoms with E-state index >= 15 is 0 Å². The van der Waals surface area contributed by atoms with Gasteiger partial charge in [-0.1, -0.05) is 0 Å². The Balaban J connectivity index is 1.44. The van der Waals surface area contributed by atoms with Gasteiger partial charge < -0.3 is 25.4 Å². The number of unbranched alkanes of at least 4 members (excludes halogenated alkanes) is 1. The Morgan fingerprint density at radius 3 is 2.53 bits per heavy atom. The van der Waals surface area contributed by atoms with Gasteiger partial charge in [-0.2, -0.15) is 11.3 Å². The molecular formula is C22H26N4O5S. The Hall–Kier alpha value is -3.40. The third kappa shape index (κ3) is 5.85. The summed E-state index contributed by atoms with van der Waals surface area (Å²) in [6.07, 6.45) is 1.52. The smallest absolute Gasteiger partial charge is 0.326 e. The number of aliphatic carboxylic acids is 1. The van der Waals surface area contributed by atoms with Gasteiger partial charge in [-0.3, -0.25) is 15.0 Å². The van der Waals surface area contributed by atoms with Crippen LogP contribution in [0.25, 0.3) is 0 Å². The van der Waals surface area contributed by atoms with Gasteiger partial charge in [0.2, 0.25) is 0 Å². The summed E-state index contributed by atoms with van der Waals surface area (Å²) in [5.74, 6) is -1.87. The molecule has 10 heteroatoms. The topological polar surface area (TPSA) is 137 Å². The zero-order valence-electron chi connectivity index (χ0n) is 17.5. The average Bonchev–Trinajstić information content (AvgIpc) is 3.28. The highest BCUT2D eigenvalue weighted by molar-refractivity contribution is 7.07. The Labute approximate surface area is 189 Å². The molecule has 0 saturated carbocycles. The first-order chi connectivity index (χ1) is 15.4. The number of piperazine rings is 1. The van der Waals surface area contributed by atoms with Crippen LogP contribution in [0.1, 0.15) is 24.0 Å². The summed E-state index contributed by atoms with van der Waals surface area (Å²) in [7, 11) is 0. The number of nitrogens with one attached hydrogen (secondary N) is 1. The molecule has 1 atom stereocenters. The monoisotopic (exact) mass is 458 g/mol. The molecule has 0 spiro atoms. The summed E-state index contributed by atoms with van der Waals surface area (Å²) < 4.78 is 5.65. The van der Waals surface area contributed by atoms with Crippen LogP contribution >= 0.6 is 11.3 Å². The predicted octanol–water partition coefficient (Wildman–Crippen LogP) is 1.56. The number of carbonyl (C=O) groups is 3. The Kier molecular flexibility index (Phi) is 7.82. The first kappa shape index (κ1) is 23.3. The Morgan fingerprint density at radius 1 is 1.16 bits per heavy atom. The fraction of sp³-hybridized carbons (Fsp3) is 0.364. The lowest BCUT2D eigenvalue weighted by Gasteiger charge is -2.36. The maximum atomic E-state index is 12.6. The molecule has 4 N–H and O–H groups in total. The number of nitrogens with two attached hydrogens (primary N) is 1. The van der Waals surface area contributed by atoms with Gasteiger partial charge in [0.25, 0.3) is 0 Å². The molecule has 9 nitrogen and oxygen atoms in total. The molecule has 170 valence electrons. The van der Waals surface area contributed by atoms with E-state index in [4.69, 9.17) is 15.9 Å². The van der Waals surface area contributed by atoms with Crippen LogP contribution in [-0.2, 0) is 20.8 Å². The molecule has 1 saturated heterocycles. The number of thiophene rings is 1. The number of nitrogen functional groups attached to an aromatic ring is 1. The second kappa shape index (κ2) is 10.8. The highest BCUT2D eigenvalue weighted by atomic mass is 32.1. The summed E-state index contributed by atoms with van der Waals surface area (Å²) in [5, 5.41) is 20.7. The van der Waals surface area contributed by atoms with Crippen molar-refractivity contribution in [2.24, 2.45) is 5.73 Å². The summed E-state index contributed by atoms with van der Waals surface area (Å²) in [4.78, 5) is 39.5. The maximum Gasteiger partial charge on any atom is 0.326 e. The normalized spacial score (nSPS) is 15.0. The van der Waals surface area contributed by atoms with E-state index in [9.17, 15) is 19.5 Å². The van der Waals surface area contributed by atoms with E-state index in [1.165, 1.54) is 21.1 Å². The minimum atomic E-state index is -1.11. The number of ether oxygens (including phenoxy) is 1. The molecule has 1 aromatic carbocycles. The van der Waals surface area contributed by atoms with Gasteiger partial charge in [-0.25, -0.2) is 4.79 Å². The van der Waals surface area contributed by atoms with Crippen molar-refractivity contribution in [3.05, 3.63) is 52.2 Å². The fourth-order valence-electron chi connectivity index (χ4n) is 3.49. The number of amidine groups is 1. The second-order valence-corrected chi connectivity index (χ2v) is 8.25. The molecule has 1 aromatic heterocycles. The van der Waals surface area contributed by atoms with Crippen molar-refractivity contribution in [1.82, 2.24) is 9.80 Å². The summed E-state index contributed by atoms with van der Waals surface area (Å²) >= 11 is 1.46. The van der Waals surface area contributed by atoms with Gasteiger partial charge in [0, 0.05) is 31.6 Å². The first-order valence-corrected chi connectivity index (χ1v) is 11.2. The fourth-order valence-corrected chi connectivity index (χ4v) is 4.17. The first-order valence-electron chi connectivity index (χ1n) is 10.3. The zero-order chi connectivity index (χ0) is 23.1. The van der Waals surface area contributed by atoms with Crippen LogP contribution in [0.2, 0.25) is 0 Å². The number of amides is 2. The Bertz CT molecular complexity index is 961. The minimum Gasteiger partial charge on any atom is -0.494 e. The number of hydrogen-bond acceptors (Lipinski definition) is 6. The predicted molar refractivity (Wildman–Crippen MR) is 120 cm³/mol. The average molecular weight is 459 g/mol. The number of rotatable bonds is 11. The number of benzene rings is 1. The molecule has 0 aliphatic carbocycles. The van der Waals surface area contributed by atoms with Gasteiger partial charge in [0.1, 0.15) is 17.6 Å². The molecule has 0 radical (unpaired) electrons. The highest BCUT2D eigenvalue weighted by Crippen LogP contribution is 2.17. The van der Waals surface area contributed by atoms with Gasteiger partial charge in [0.15, 0.2) is 0 Å². The number of carbonyl (C=O) groups excluding carboxylic acids is 2. The molecule has 2 aromatic rings. The molecule has 2 heterocycles. The SMILES string of the molecule is N=C(N)c1ccc(OCCCCN2CCN(C(Cc3ccsc3)C(=O)O)C(=O)C2=O)cc1. The summed E-state index contributed by atoms with van der Waals surface area (Å²) in [5.41, 5.74) is 6.88. The van der Waals surface area contributed by atoms with Crippen LogP contribution in [0, 0.1) is 5.41 Å². The maximum absolute atomic E-state index is 12.6. The molecule has 1 fully saturated rings. The van der Waals surface area contributed by atoms with Crippen molar-refractivity contribution in [2.45, 2.75) is 25.3 Å². The highest BCUT2D eigenvalue weighted by Gasteiger charge is 2.39. The van der Waals surface area contributed by atoms with E-state index < -0.39 is 23.8 Å². The lowest BCUT2D eigenvalue weighted by Crippen LogP contribution is -2.59. The summed E-state index contributed by atoms with van der Waals surface area (Å²) in [6.45, 7) is 1.37. The number of hydrogen-bond donors (Lipinski definition) is 3. The lowest BCUT2D eigenvalue weighted by atomic mass is 10.1. The molecule has 1 aliphatic rings. The van der Waals surface area contributed by atoms with Crippen molar-refractivity contribution in [2.75, 3.05) is 26.2 Å².